The minimum Gasteiger partial charge on any atom is -0.507 e. The van der Waals surface area contributed by atoms with E-state index in [-0.39, 0.29) is 34.6 Å². The zero-order chi connectivity index (χ0) is 20.5. The highest BCUT2D eigenvalue weighted by atomic mass is 16.7. The van der Waals surface area contributed by atoms with Gasteiger partial charge in [-0.25, -0.2) is 0 Å². The smallest absolute Gasteiger partial charge is 0.229 e. The Balaban J connectivity index is 2.50. The molecule has 1 fully saturated rings. The molecule has 5 atom stereocenters. The van der Waals surface area contributed by atoms with Crippen LogP contribution in [0.25, 0.3) is 0 Å². The van der Waals surface area contributed by atoms with Gasteiger partial charge in [-0.05, 0) is 20.3 Å². The van der Waals surface area contributed by atoms with Gasteiger partial charge in [0.2, 0.25) is 6.29 Å². The van der Waals surface area contributed by atoms with Crippen LogP contribution in [0.15, 0.2) is 0 Å². The number of hydrogen-bond donors (Lipinski definition) is 6. The minimum absolute atomic E-state index is 0.105. The normalized spacial score (nSPS) is 28.2. The van der Waals surface area contributed by atoms with E-state index in [4.69, 9.17) is 9.47 Å². The highest BCUT2D eigenvalue weighted by Gasteiger charge is 2.45. The molecule has 1 saturated heterocycles. The SMILES string of the molecule is CCCC(=O)c1c(O)c(C)c(O)c(C)c1OC1OC(CO)C(O)C(O)C1O. The van der Waals surface area contributed by atoms with Crippen LogP contribution >= 0.6 is 0 Å². The third kappa shape index (κ3) is 3.87. The number of Topliss-reactive ketones (excluding diaryl/α,β-unsaturated/α-hetero) is 1. The van der Waals surface area contributed by atoms with E-state index < -0.39 is 48.8 Å². The number of benzene rings is 1. The second kappa shape index (κ2) is 8.41. The van der Waals surface area contributed by atoms with Crippen LogP contribution in [0, 0.1) is 13.8 Å². The van der Waals surface area contributed by atoms with E-state index in [1.807, 2.05) is 0 Å². The fraction of sp³-hybridized carbons (Fsp3) is 0.611. The van der Waals surface area contributed by atoms with Crippen molar-refractivity contribution in [3.05, 3.63) is 16.7 Å². The summed E-state index contributed by atoms with van der Waals surface area (Å²) >= 11 is 0. The standard InChI is InChI=1S/C18H26O9/c1-4-5-9(20)11-13(22)7(2)12(21)8(3)17(11)27-18-16(25)15(24)14(23)10(6-19)26-18/h10,14-16,18-19,21-25H,4-6H2,1-3H3. The van der Waals surface area contributed by atoms with Gasteiger partial charge in [0.15, 0.2) is 5.78 Å². The van der Waals surface area contributed by atoms with Crippen LogP contribution in [0.2, 0.25) is 0 Å². The first kappa shape index (κ1) is 21.4. The summed E-state index contributed by atoms with van der Waals surface area (Å²) in [4.78, 5) is 12.5. The molecule has 5 unspecified atom stereocenters. The highest BCUT2D eigenvalue weighted by molar-refractivity contribution is 6.02. The molecule has 0 radical (unpaired) electrons. The summed E-state index contributed by atoms with van der Waals surface area (Å²) in [6.45, 7) is 4.05. The molecule has 9 heteroatoms. The maximum Gasteiger partial charge on any atom is 0.229 e. The van der Waals surface area contributed by atoms with E-state index in [0.29, 0.717) is 6.42 Å². The van der Waals surface area contributed by atoms with Gasteiger partial charge >= 0.3 is 0 Å². The Morgan fingerprint density at radius 3 is 2.22 bits per heavy atom. The average molecular weight is 386 g/mol. The van der Waals surface area contributed by atoms with Crippen molar-refractivity contribution in [2.75, 3.05) is 6.61 Å². The Morgan fingerprint density at radius 2 is 1.67 bits per heavy atom. The summed E-state index contributed by atoms with van der Waals surface area (Å²) < 4.78 is 10.9. The highest BCUT2D eigenvalue weighted by Crippen LogP contribution is 2.43. The lowest BCUT2D eigenvalue weighted by atomic mass is 9.96. The van der Waals surface area contributed by atoms with Gasteiger partial charge < -0.3 is 40.1 Å². The fourth-order valence-electron chi connectivity index (χ4n) is 3.02. The monoisotopic (exact) mass is 386 g/mol. The van der Waals surface area contributed by atoms with Crippen LogP contribution in [0.4, 0.5) is 0 Å². The Labute approximate surface area is 156 Å². The van der Waals surface area contributed by atoms with Crippen molar-refractivity contribution in [1.82, 2.24) is 0 Å². The van der Waals surface area contributed by atoms with E-state index in [0.717, 1.165) is 0 Å². The number of phenols is 2. The van der Waals surface area contributed by atoms with Gasteiger partial charge in [0.25, 0.3) is 0 Å². The summed E-state index contributed by atoms with van der Waals surface area (Å²) in [5, 5.41) is 59.7. The third-order valence-electron chi connectivity index (χ3n) is 4.71. The predicted molar refractivity (Wildman–Crippen MR) is 92.9 cm³/mol. The van der Waals surface area contributed by atoms with Gasteiger partial charge in [0.05, 0.1) is 6.61 Å². The molecule has 1 aromatic carbocycles. The number of carbonyl (C=O) groups is 1. The molecule has 9 nitrogen and oxygen atoms in total. The van der Waals surface area contributed by atoms with E-state index in [1.165, 1.54) is 13.8 Å². The molecule has 1 aromatic rings. The molecule has 1 heterocycles. The Morgan fingerprint density at radius 1 is 1.04 bits per heavy atom. The summed E-state index contributed by atoms with van der Waals surface area (Å²) in [6.07, 6.45) is -7.04. The molecule has 0 spiro atoms. The molecule has 2 rings (SSSR count). The molecule has 0 aliphatic carbocycles. The Hall–Kier alpha value is -1.91. The number of carbonyl (C=O) groups excluding carboxylic acids is 1. The van der Waals surface area contributed by atoms with E-state index in [2.05, 4.69) is 0 Å². The van der Waals surface area contributed by atoms with Crippen molar-refractivity contribution >= 4 is 5.78 Å². The van der Waals surface area contributed by atoms with E-state index in [9.17, 15) is 35.4 Å². The number of aliphatic hydroxyl groups is 4. The second-order valence-electron chi connectivity index (χ2n) is 6.64. The number of hydrogen-bond acceptors (Lipinski definition) is 9. The van der Waals surface area contributed by atoms with Crippen LogP contribution in [-0.2, 0) is 4.74 Å². The molecule has 27 heavy (non-hydrogen) atoms. The maximum absolute atomic E-state index is 12.5. The van der Waals surface area contributed by atoms with Crippen LogP contribution in [0.3, 0.4) is 0 Å². The topological polar surface area (TPSA) is 157 Å². The number of ether oxygens (including phenoxy) is 2. The van der Waals surface area contributed by atoms with Crippen molar-refractivity contribution in [3.63, 3.8) is 0 Å². The Bertz CT molecular complexity index is 701. The van der Waals surface area contributed by atoms with Crippen molar-refractivity contribution in [2.45, 2.75) is 64.3 Å². The molecular formula is C18H26O9. The van der Waals surface area contributed by atoms with Gasteiger partial charge in [-0.3, -0.25) is 4.79 Å². The van der Waals surface area contributed by atoms with Crippen molar-refractivity contribution < 1.29 is 44.9 Å². The zero-order valence-electron chi connectivity index (χ0n) is 15.4. The molecule has 1 aliphatic rings. The molecule has 1 aliphatic heterocycles. The third-order valence-corrected chi connectivity index (χ3v) is 4.71. The number of rotatable bonds is 6. The van der Waals surface area contributed by atoms with Crippen LogP contribution in [0.1, 0.15) is 41.3 Å². The maximum atomic E-state index is 12.5. The van der Waals surface area contributed by atoms with Crippen LogP contribution in [-0.4, -0.2) is 73.7 Å². The van der Waals surface area contributed by atoms with E-state index in [1.54, 1.807) is 6.92 Å². The molecule has 152 valence electrons. The van der Waals surface area contributed by atoms with Crippen LogP contribution < -0.4 is 4.74 Å². The fourth-order valence-corrected chi connectivity index (χ4v) is 3.02. The van der Waals surface area contributed by atoms with E-state index >= 15 is 0 Å². The van der Waals surface area contributed by atoms with Crippen molar-refractivity contribution in [2.24, 2.45) is 0 Å². The largest absolute Gasteiger partial charge is 0.507 e. The zero-order valence-corrected chi connectivity index (χ0v) is 15.4. The first-order valence-electron chi connectivity index (χ1n) is 8.71. The first-order chi connectivity index (χ1) is 12.6. The number of aromatic hydroxyl groups is 2. The lowest BCUT2D eigenvalue weighted by Crippen LogP contribution is -2.60. The van der Waals surface area contributed by atoms with Gasteiger partial charge in [0.1, 0.15) is 47.2 Å². The summed E-state index contributed by atoms with van der Waals surface area (Å²) in [5.41, 5.74) is 0.0800. The van der Waals surface area contributed by atoms with Gasteiger partial charge in [0, 0.05) is 17.5 Å². The average Bonchev–Trinajstić information content (AvgIpc) is 2.64. The van der Waals surface area contributed by atoms with Gasteiger partial charge in [-0.1, -0.05) is 6.92 Å². The predicted octanol–water partition coefficient (Wildman–Crippen LogP) is -0.124. The summed E-state index contributed by atoms with van der Waals surface area (Å²) in [5.74, 6) is -1.37. The molecule has 0 amide bonds. The van der Waals surface area contributed by atoms with Gasteiger partial charge in [-0.2, -0.15) is 0 Å². The number of phenolic OH excluding ortho intramolecular Hbond substituents is 2. The minimum atomic E-state index is -1.69. The molecule has 0 aromatic heterocycles. The molecular weight excluding hydrogens is 360 g/mol. The second-order valence-corrected chi connectivity index (χ2v) is 6.64. The summed E-state index contributed by atoms with van der Waals surface area (Å²) in [7, 11) is 0. The van der Waals surface area contributed by atoms with Crippen molar-refractivity contribution in [3.8, 4) is 17.2 Å². The number of ketones is 1. The van der Waals surface area contributed by atoms with Crippen LogP contribution in [0.5, 0.6) is 17.2 Å². The molecule has 0 saturated carbocycles. The lowest BCUT2D eigenvalue weighted by molar-refractivity contribution is -0.277. The first-order valence-corrected chi connectivity index (χ1v) is 8.71. The van der Waals surface area contributed by atoms with Gasteiger partial charge in [-0.15, -0.1) is 0 Å². The molecule has 6 N–H and O–H groups in total. The summed E-state index contributed by atoms with van der Waals surface area (Å²) in [6, 6.07) is 0. The lowest BCUT2D eigenvalue weighted by Gasteiger charge is -2.40. The van der Waals surface area contributed by atoms with Crippen molar-refractivity contribution in [1.29, 1.82) is 0 Å². The molecule has 0 bridgehead atoms. The Kier molecular flexibility index (Phi) is 6.66. The quantitative estimate of drug-likeness (QED) is 0.367. The number of aliphatic hydroxyl groups excluding tert-OH is 4.